The molecule has 0 bridgehead atoms. The third-order valence-corrected chi connectivity index (χ3v) is 2.07. The van der Waals surface area contributed by atoms with Crippen LogP contribution in [0.15, 0.2) is 24.7 Å². The summed E-state index contributed by atoms with van der Waals surface area (Å²) in [6.45, 7) is 0. The first kappa shape index (κ1) is 7.17. The fourth-order valence-electron chi connectivity index (χ4n) is 0.874. The molecule has 0 aliphatic rings. The second-order valence-electron chi connectivity index (χ2n) is 2.19. The van der Waals surface area contributed by atoms with Crippen molar-refractivity contribution in [1.82, 2.24) is 14.3 Å². The third kappa shape index (κ3) is 1.14. The number of aromatic nitrogens is 3. The van der Waals surface area contributed by atoms with Crippen LogP contribution in [0.5, 0.6) is 0 Å². The minimum atomic E-state index is 0.634. The molecule has 0 aliphatic carbocycles. The van der Waals surface area contributed by atoms with E-state index < -0.39 is 0 Å². The Balaban J connectivity index is 2.55. The van der Waals surface area contributed by atoms with Gasteiger partial charge in [-0.3, -0.25) is 4.98 Å². The third-order valence-electron chi connectivity index (χ3n) is 1.40. The van der Waals surface area contributed by atoms with Gasteiger partial charge in [-0.05, 0) is 23.7 Å². The lowest BCUT2D eigenvalue weighted by molar-refractivity contribution is 1.27. The SMILES string of the molecule is Nc1cccnc1-c1ncns1. The number of rotatable bonds is 1. The summed E-state index contributed by atoms with van der Waals surface area (Å²) >= 11 is 1.29. The zero-order valence-electron chi connectivity index (χ0n) is 6.14. The van der Waals surface area contributed by atoms with Crippen molar-refractivity contribution in [2.75, 3.05) is 5.73 Å². The summed E-state index contributed by atoms with van der Waals surface area (Å²) in [4.78, 5) is 8.12. The van der Waals surface area contributed by atoms with Gasteiger partial charge in [-0.2, -0.15) is 4.37 Å². The number of nitrogen functional groups attached to an aromatic ring is 1. The van der Waals surface area contributed by atoms with Crippen LogP contribution in [0.3, 0.4) is 0 Å². The summed E-state index contributed by atoms with van der Waals surface area (Å²) in [5, 5.41) is 0.758. The van der Waals surface area contributed by atoms with E-state index in [-0.39, 0.29) is 0 Å². The lowest BCUT2D eigenvalue weighted by Gasteiger charge is -1.97. The van der Waals surface area contributed by atoms with Gasteiger partial charge in [0.1, 0.15) is 12.0 Å². The standard InChI is InChI=1S/C7H6N4S/c8-5-2-1-3-9-6(5)7-10-4-11-12-7/h1-4H,8H2. The Morgan fingerprint density at radius 1 is 1.33 bits per heavy atom. The highest BCUT2D eigenvalue weighted by molar-refractivity contribution is 7.09. The predicted octanol–water partition coefficient (Wildman–Crippen LogP) is 1.18. The average Bonchev–Trinajstić information content (AvgIpc) is 2.57. The molecule has 0 unspecified atom stereocenters. The molecule has 2 rings (SSSR count). The zero-order valence-corrected chi connectivity index (χ0v) is 6.95. The van der Waals surface area contributed by atoms with Crippen molar-refractivity contribution in [3.63, 3.8) is 0 Å². The quantitative estimate of drug-likeness (QED) is 0.712. The van der Waals surface area contributed by atoms with Crippen molar-refractivity contribution >= 4 is 17.2 Å². The number of hydrogen-bond donors (Lipinski definition) is 1. The van der Waals surface area contributed by atoms with Crippen molar-refractivity contribution in [2.24, 2.45) is 0 Å². The lowest BCUT2D eigenvalue weighted by atomic mass is 10.3. The fraction of sp³-hybridized carbons (Fsp3) is 0. The lowest BCUT2D eigenvalue weighted by Crippen LogP contribution is -1.91. The molecule has 2 heterocycles. The van der Waals surface area contributed by atoms with Crippen LogP contribution >= 0.6 is 11.5 Å². The molecule has 2 aromatic heterocycles. The summed E-state index contributed by atoms with van der Waals surface area (Å²) in [6.07, 6.45) is 3.18. The van der Waals surface area contributed by atoms with E-state index in [2.05, 4.69) is 14.3 Å². The summed E-state index contributed by atoms with van der Waals surface area (Å²) in [6, 6.07) is 3.59. The molecule has 0 fully saturated rings. The van der Waals surface area contributed by atoms with Gasteiger partial charge in [0.05, 0.1) is 5.69 Å². The van der Waals surface area contributed by atoms with Crippen molar-refractivity contribution in [3.05, 3.63) is 24.7 Å². The Bertz CT molecular complexity index is 371. The minimum absolute atomic E-state index is 0.634. The van der Waals surface area contributed by atoms with Crippen LogP contribution in [0, 0.1) is 0 Å². The van der Waals surface area contributed by atoms with Crippen molar-refractivity contribution in [2.45, 2.75) is 0 Å². The van der Waals surface area contributed by atoms with Crippen LogP contribution in [-0.2, 0) is 0 Å². The smallest absolute Gasteiger partial charge is 0.164 e. The van der Waals surface area contributed by atoms with E-state index >= 15 is 0 Å². The second-order valence-corrected chi connectivity index (χ2v) is 2.97. The van der Waals surface area contributed by atoms with Gasteiger partial charge in [-0.1, -0.05) is 0 Å². The second kappa shape index (κ2) is 2.86. The molecule has 0 saturated heterocycles. The molecule has 2 aromatic rings. The van der Waals surface area contributed by atoms with Crippen LogP contribution in [-0.4, -0.2) is 14.3 Å². The molecule has 4 nitrogen and oxygen atoms in total. The number of pyridine rings is 1. The Hall–Kier alpha value is -1.49. The summed E-state index contributed by atoms with van der Waals surface area (Å²) in [7, 11) is 0. The van der Waals surface area contributed by atoms with Crippen LogP contribution < -0.4 is 5.73 Å². The highest BCUT2D eigenvalue weighted by Crippen LogP contribution is 2.22. The van der Waals surface area contributed by atoms with Gasteiger partial charge in [0.25, 0.3) is 0 Å². The van der Waals surface area contributed by atoms with E-state index in [4.69, 9.17) is 5.73 Å². The molecule has 0 saturated carbocycles. The van der Waals surface area contributed by atoms with Crippen LogP contribution in [0.25, 0.3) is 10.7 Å². The van der Waals surface area contributed by atoms with E-state index in [1.165, 1.54) is 17.9 Å². The van der Waals surface area contributed by atoms with E-state index in [0.29, 0.717) is 11.4 Å². The Morgan fingerprint density at radius 3 is 2.92 bits per heavy atom. The molecular formula is C7H6N4S. The molecule has 0 amide bonds. The monoisotopic (exact) mass is 178 g/mol. The molecule has 2 N–H and O–H groups in total. The van der Waals surface area contributed by atoms with Gasteiger partial charge < -0.3 is 5.73 Å². The van der Waals surface area contributed by atoms with Gasteiger partial charge in [0.15, 0.2) is 5.01 Å². The van der Waals surface area contributed by atoms with Gasteiger partial charge in [-0.25, -0.2) is 4.98 Å². The van der Waals surface area contributed by atoms with E-state index in [0.717, 1.165) is 5.01 Å². The molecule has 0 spiro atoms. The molecule has 0 aromatic carbocycles. The molecule has 0 aliphatic heterocycles. The van der Waals surface area contributed by atoms with Crippen molar-refractivity contribution in [1.29, 1.82) is 0 Å². The summed E-state index contributed by atoms with van der Waals surface area (Å²) in [5.74, 6) is 0. The van der Waals surface area contributed by atoms with E-state index in [1.807, 2.05) is 0 Å². The highest BCUT2D eigenvalue weighted by atomic mass is 32.1. The number of nitrogens with zero attached hydrogens (tertiary/aromatic N) is 3. The molecule has 12 heavy (non-hydrogen) atoms. The number of hydrogen-bond acceptors (Lipinski definition) is 5. The first-order valence-corrected chi connectivity index (χ1v) is 4.13. The Morgan fingerprint density at radius 2 is 2.25 bits per heavy atom. The first-order chi connectivity index (χ1) is 5.88. The number of nitrogens with two attached hydrogens (primary N) is 1. The van der Waals surface area contributed by atoms with Crippen LogP contribution in [0.4, 0.5) is 5.69 Å². The largest absolute Gasteiger partial charge is 0.397 e. The maximum Gasteiger partial charge on any atom is 0.164 e. The zero-order chi connectivity index (χ0) is 8.39. The van der Waals surface area contributed by atoms with Gasteiger partial charge in [0, 0.05) is 6.20 Å². The maximum atomic E-state index is 5.69. The van der Waals surface area contributed by atoms with Crippen molar-refractivity contribution in [3.8, 4) is 10.7 Å². The van der Waals surface area contributed by atoms with Crippen LogP contribution in [0.2, 0.25) is 0 Å². The molecule has 0 atom stereocenters. The minimum Gasteiger partial charge on any atom is -0.397 e. The number of anilines is 1. The predicted molar refractivity (Wildman–Crippen MR) is 47.6 cm³/mol. The van der Waals surface area contributed by atoms with Gasteiger partial charge >= 0.3 is 0 Å². The summed E-state index contributed by atoms with van der Waals surface area (Å²) < 4.78 is 3.87. The van der Waals surface area contributed by atoms with Gasteiger partial charge in [0.2, 0.25) is 0 Å². The first-order valence-electron chi connectivity index (χ1n) is 3.35. The maximum absolute atomic E-state index is 5.69. The van der Waals surface area contributed by atoms with E-state index in [1.54, 1.807) is 18.3 Å². The molecule has 60 valence electrons. The molecule has 0 radical (unpaired) electrons. The fourth-order valence-corrected chi connectivity index (χ4v) is 1.42. The average molecular weight is 178 g/mol. The van der Waals surface area contributed by atoms with Gasteiger partial charge in [-0.15, -0.1) is 0 Å². The topological polar surface area (TPSA) is 64.7 Å². The molecular weight excluding hydrogens is 172 g/mol. The molecule has 5 heteroatoms. The Kier molecular flexibility index (Phi) is 1.71. The Labute approximate surface area is 73.3 Å². The highest BCUT2D eigenvalue weighted by Gasteiger charge is 2.05. The normalized spacial score (nSPS) is 10.0. The van der Waals surface area contributed by atoms with E-state index in [9.17, 15) is 0 Å². The summed E-state index contributed by atoms with van der Waals surface area (Å²) in [5.41, 5.74) is 7.03. The van der Waals surface area contributed by atoms with Crippen molar-refractivity contribution < 1.29 is 0 Å². The van der Waals surface area contributed by atoms with Crippen LogP contribution in [0.1, 0.15) is 0 Å².